The molecule has 5 N–H and O–H groups in total. The van der Waals surface area contributed by atoms with Gasteiger partial charge in [0.2, 0.25) is 0 Å². The zero-order chi connectivity index (χ0) is 25.5. The Hall–Kier alpha value is -4.70. The number of anilines is 2. The number of likely N-dealkylation sites (N-methyl/N-ethyl adjacent to an activating group) is 1. The number of ether oxygens (including phenoxy) is 2. The summed E-state index contributed by atoms with van der Waals surface area (Å²) in [6.07, 6.45) is 0.470. The average molecular weight is 487 g/mol. The Morgan fingerprint density at radius 3 is 2.53 bits per heavy atom. The largest absolute Gasteiger partial charge is 0.497 e. The molecule has 0 saturated heterocycles. The van der Waals surface area contributed by atoms with Crippen molar-refractivity contribution in [2.75, 3.05) is 31.3 Å². The molecule has 184 valence electrons. The number of hydrogen-bond donors (Lipinski definition) is 4. The summed E-state index contributed by atoms with van der Waals surface area (Å²) in [5, 5.41) is 10.2. The molecule has 0 aliphatic rings. The number of primary amides is 1. The molecule has 1 unspecified atom stereocenters. The fraction of sp³-hybridized carbons (Fsp3) is 0.154. The number of nitrogens with one attached hydrogen (secondary N) is 3. The van der Waals surface area contributed by atoms with E-state index < -0.39 is 6.09 Å². The summed E-state index contributed by atoms with van der Waals surface area (Å²) in [6.45, 7) is 0.568. The number of nitrogens with zero attached hydrogens (tertiary/aromatic N) is 2. The van der Waals surface area contributed by atoms with Gasteiger partial charge in [-0.1, -0.05) is 18.2 Å². The molecule has 0 aliphatic heterocycles. The molecule has 0 aliphatic carbocycles. The van der Waals surface area contributed by atoms with Gasteiger partial charge in [-0.05, 0) is 61.1 Å². The van der Waals surface area contributed by atoms with Crippen LogP contribution in [0.5, 0.6) is 11.5 Å². The van der Waals surface area contributed by atoms with Crippen LogP contribution in [0.3, 0.4) is 0 Å². The monoisotopic (exact) mass is 486 g/mol. The highest BCUT2D eigenvalue weighted by Crippen LogP contribution is 2.30. The van der Waals surface area contributed by atoms with Crippen molar-refractivity contribution >= 4 is 34.4 Å². The van der Waals surface area contributed by atoms with Gasteiger partial charge in [-0.25, -0.2) is 14.8 Å². The summed E-state index contributed by atoms with van der Waals surface area (Å²) in [7, 11) is 3.43. The Morgan fingerprint density at radius 2 is 1.81 bits per heavy atom. The van der Waals surface area contributed by atoms with Crippen LogP contribution in [0.1, 0.15) is 22.0 Å². The van der Waals surface area contributed by atoms with E-state index in [9.17, 15) is 9.59 Å². The van der Waals surface area contributed by atoms with Crippen molar-refractivity contribution in [3.8, 4) is 11.5 Å². The molecule has 2 amide bonds. The van der Waals surface area contributed by atoms with Gasteiger partial charge in [0, 0.05) is 23.2 Å². The second-order valence-electron chi connectivity index (χ2n) is 7.86. The van der Waals surface area contributed by atoms with Crippen LogP contribution >= 0.6 is 0 Å². The molecule has 10 nitrogen and oxygen atoms in total. The highest BCUT2D eigenvalue weighted by Gasteiger charge is 2.16. The Morgan fingerprint density at radius 1 is 1.03 bits per heavy atom. The molecule has 0 saturated carbocycles. The fourth-order valence-corrected chi connectivity index (χ4v) is 3.77. The van der Waals surface area contributed by atoms with Crippen molar-refractivity contribution in [1.29, 1.82) is 0 Å². The maximum Gasteiger partial charge on any atom is 0.410 e. The lowest BCUT2D eigenvalue weighted by Gasteiger charge is -2.21. The minimum Gasteiger partial charge on any atom is -0.497 e. The third-order valence-corrected chi connectivity index (χ3v) is 5.46. The van der Waals surface area contributed by atoms with E-state index in [1.54, 1.807) is 43.5 Å². The summed E-state index contributed by atoms with van der Waals surface area (Å²) >= 11 is 0. The van der Waals surface area contributed by atoms with Crippen LogP contribution < -0.4 is 31.2 Å². The van der Waals surface area contributed by atoms with E-state index in [1.807, 2.05) is 37.4 Å². The number of hydrogen-bond acceptors (Lipinski definition) is 8. The second kappa shape index (κ2) is 11.2. The van der Waals surface area contributed by atoms with E-state index in [4.69, 9.17) is 15.2 Å². The van der Waals surface area contributed by atoms with Crippen LogP contribution in [-0.4, -0.2) is 42.7 Å². The number of fused-ring (bicyclic) bond motifs is 1. The predicted octanol–water partition coefficient (Wildman–Crippen LogP) is 3.72. The average Bonchev–Trinajstić information content (AvgIpc) is 2.89. The first-order chi connectivity index (χ1) is 17.5. The normalized spacial score (nSPS) is 11.5. The number of nitrogens with two attached hydrogens (primary N) is 1. The van der Waals surface area contributed by atoms with Crippen LogP contribution in [0, 0.1) is 0 Å². The lowest BCUT2D eigenvalue weighted by Crippen LogP contribution is -2.24. The smallest absolute Gasteiger partial charge is 0.410 e. The van der Waals surface area contributed by atoms with Crippen molar-refractivity contribution in [2.45, 2.75) is 6.04 Å². The number of carbonyl (C=O) groups is 2. The SMILES string of the molecule is CNCC(Nc1ncnc2c(OC(N)=O)cccc12)c1cccc(NC(=O)c2ccc(OC)cc2)c1. The van der Waals surface area contributed by atoms with Crippen molar-refractivity contribution in [3.63, 3.8) is 0 Å². The molecule has 0 bridgehead atoms. The van der Waals surface area contributed by atoms with E-state index in [1.165, 1.54) is 6.33 Å². The van der Waals surface area contributed by atoms with E-state index in [0.29, 0.717) is 40.3 Å². The topological polar surface area (TPSA) is 140 Å². The van der Waals surface area contributed by atoms with Gasteiger partial charge in [0.15, 0.2) is 5.75 Å². The lowest BCUT2D eigenvalue weighted by atomic mass is 10.1. The molecule has 36 heavy (non-hydrogen) atoms. The van der Waals surface area contributed by atoms with E-state index in [0.717, 1.165) is 5.56 Å². The van der Waals surface area contributed by atoms with Gasteiger partial charge in [0.25, 0.3) is 5.91 Å². The van der Waals surface area contributed by atoms with E-state index in [2.05, 4.69) is 25.9 Å². The third-order valence-electron chi connectivity index (χ3n) is 5.46. The summed E-state index contributed by atoms with van der Waals surface area (Å²) in [5.74, 6) is 1.26. The molecule has 0 spiro atoms. The first-order valence-corrected chi connectivity index (χ1v) is 11.2. The van der Waals surface area contributed by atoms with E-state index >= 15 is 0 Å². The summed E-state index contributed by atoms with van der Waals surface area (Å²) < 4.78 is 10.2. The Balaban J connectivity index is 1.58. The van der Waals surface area contributed by atoms with Crippen LogP contribution in [0.15, 0.2) is 73.1 Å². The number of para-hydroxylation sites is 1. The molecule has 4 aromatic rings. The van der Waals surface area contributed by atoms with Crippen LogP contribution in [0.25, 0.3) is 10.9 Å². The summed E-state index contributed by atoms with van der Waals surface area (Å²) in [4.78, 5) is 32.6. The lowest BCUT2D eigenvalue weighted by molar-refractivity contribution is 0.102. The van der Waals surface area contributed by atoms with Crippen molar-refractivity contribution in [2.24, 2.45) is 5.73 Å². The van der Waals surface area contributed by atoms with Gasteiger partial charge in [-0.3, -0.25) is 4.79 Å². The molecule has 3 aromatic carbocycles. The molecule has 1 heterocycles. The van der Waals surface area contributed by atoms with Crippen LogP contribution in [0.4, 0.5) is 16.3 Å². The zero-order valence-corrected chi connectivity index (χ0v) is 19.8. The van der Waals surface area contributed by atoms with Crippen molar-refractivity contribution in [3.05, 3.63) is 84.2 Å². The molecule has 1 aromatic heterocycles. The molecule has 4 rings (SSSR count). The maximum absolute atomic E-state index is 12.7. The number of carbonyl (C=O) groups excluding carboxylic acids is 2. The van der Waals surface area contributed by atoms with Crippen molar-refractivity contribution in [1.82, 2.24) is 15.3 Å². The third kappa shape index (κ3) is 5.68. The summed E-state index contributed by atoms with van der Waals surface area (Å²) in [5.41, 5.74) is 7.74. The zero-order valence-electron chi connectivity index (χ0n) is 19.8. The predicted molar refractivity (Wildman–Crippen MR) is 137 cm³/mol. The molecule has 0 fully saturated rings. The Labute approximate surface area is 207 Å². The van der Waals surface area contributed by atoms with Gasteiger partial charge >= 0.3 is 6.09 Å². The number of methoxy groups -OCH3 is 1. The minimum atomic E-state index is -0.919. The number of aromatic nitrogens is 2. The standard InChI is InChI=1S/C26H26N6O4/c1-28-14-21(32-24-20-7-4-8-22(36-26(27)34)23(20)29-15-30-24)17-5-3-6-18(13-17)31-25(33)16-9-11-19(35-2)12-10-16/h3-13,15,21,28H,14H2,1-2H3,(H2,27,34)(H,31,33)(H,29,30,32). The second-order valence-corrected chi connectivity index (χ2v) is 7.86. The van der Waals surface area contributed by atoms with Crippen LogP contribution in [0.2, 0.25) is 0 Å². The quantitative estimate of drug-likeness (QED) is 0.281. The number of rotatable bonds is 9. The highest BCUT2D eigenvalue weighted by molar-refractivity contribution is 6.04. The summed E-state index contributed by atoms with van der Waals surface area (Å²) in [6, 6.07) is 19.4. The first kappa shape index (κ1) is 24.4. The Kier molecular flexibility index (Phi) is 7.57. The molecule has 0 radical (unpaired) electrons. The van der Waals surface area contributed by atoms with Gasteiger partial charge in [-0.15, -0.1) is 0 Å². The van der Waals surface area contributed by atoms with Crippen molar-refractivity contribution < 1.29 is 19.1 Å². The van der Waals surface area contributed by atoms with Gasteiger partial charge in [-0.2, -0.15) is 0 Å². The van der Waals surface area contributed by atoms with Crippen LogP contribution in [-0.2, 0) is 0 Å². The van der Waals surface area contributed by atoms with E-state index in [-0.39, 0.29) is 17.7 Å². The van der Waals surface area contributed by atoms with Gasteiger partial charge in [0.1, 0.15) is 23.4 Å². The highest BCUT2D eigenvalue weighted by atomic mass is 16.5. The fourth-order valence-electron chi connectivity index (χ4n) is 3.77. The molecular weight excluding hydrogens is 460 g/mol. The number of amides is 2. The number of benzene rings is 3. The Bertz CT molecular complexity index is 1380. The van der Waals surface area contributed by atoms with Gasteiger partial charge in [0.05, 0.1) is 13.2 Å². The molecule has 1 atom stereocenters. The maximum atomic E-state index is 12.7. The first-order valence-electron chi connectivity index (χ1n) is 11.2. The van der Waals surface area contributed by atoms with Gasteiger partial charge < -0.3 is 31.2 Å². The molecular formula is C26H26N6O4. The minimum absolute atomic E-state index is 0.202. The molecule has 10 heteroatoms.